The zero-order valence-electron chi connectivity index (χ0n) is 26.9. The number of benzene rings is 1. The molecule has 0 saturated heterocycles. The molecule has 1 aromatic carbocycles. The molecule has 3 rings (SSSR count). The van der Waals surface area contributed by atoms with E-state index in [9.17, 15) is 19.2 Å². The Balaban J connectivity index is 1.94. The largest absolute Gasteiger partial charge is 0.481 e. The Morgan fingerprint density at radius 2 is 1.70 bits per heavy atom. The molecule has 0 saturated carbocycles. The number of carbonyl (C=O) groups is 3. The third-order valence-electron chi connectivity index (χ3n) is 6.68. The second-order valence-corrected chi connectivity index (χ2v) is 12.9. The molecule has 2 heterocycles. The number of esters is 1. The maximum Gasteiger partial charge on any atom is 0.410 e. The van der Waals surface area contributed by atoms with Crippen molar-refractivity contribution in [1.29, 1.82) is 0 Å². The summed E-state index contributed by atoms with van der Waals surface area (Å²) in [6.45, 7) is 12.6. The lowest BCUT2D eigenvalue weighted by molar-refractivity contribution is 0.0113. The average Bonchev–Trinajstić information content (AvgIpc) is 3.08. The van der Waals surface area contributed by atoms with Gasteiger partial charge in [0.1, 0.15) is 23.6 Å². The maximum atomic E-state index is 13.3. The van der Waals surface area contributed by atoms with Gasteiger partial charge >= 0.3 is 18.2 Å². The van der Waals surface area contributed by atoms with Crippen molar-refractivity contribution in [3.63, 3.8) is 0 Å². The van der Waals surface area contributed by atoms with E-state index in [-0.39, 0.29) is 49.3 Å². The van der Waals surface area contributed by atoms with Crippen LogP contribution in [0.4, 0.5) is 9.59 Å². The highest BCUT2D eigenvalue weighted by molar-refractivity contribution is 5.89. The topological polar surface area (TPSA) is 134 Å². The van der Waals surface area contributed by atoms with E-state index in [0.717, 1.165) is 5.56 Å². The van der Waals surface area contributed by atoms with Crippen molar-refractivity contribution < 1.29 is 37.7 Å². The molecule has 0 unspecified atom stereocenters. The fraction of sp³-hybridized carbons (Fsp3) is 0.515. The molecule has 1 N–H and O–H groups in total. The summed E-state index contributed by atoms with van der Waals surface area (Å²) in [5.74, 6) is -1.30. The molecule has 11 nitrogen and oxygen atoms in total. The summed E-state index contributed by atoms with van der Waals surface area (Å²) in [6.07, 6.45) is 3.26. The van der Waals surface area contributed by atoms with Gasteiger partial charge < -0.3 is 28.7 Å². The van der Waals surface area contributed by atoms with Crippen molar-refractivity contribution >= 4 is 18.2 Å². The monoisotopic (exact) mass is 612 g/mol. The highest BCUT2D eigenvalue weighted by Crippen LogP contribution is 2.28. The molecule has 240 valence electrons. The average molecular weight is 613 g/mol. The molecule has 0 radical (unpaired) electrons. The predicted molar refractivity (Wildman–Crippen MR) is 164 cm³/mol. The van der Waals surface area contributed by atoms with Crippen LogP contribution in [0.25, 0.3) is 0 Å². The van der Waals surface area contributed by atoms with Gasteiger partial charge in [0.25, 0.3) is 5.76 Å². The molecule has 0 aliphatic carbocycles. The van der Waals surface area contributed by atoms with Crippen LogP contribution >= 0.6 is 0 Å². The fourth-order valence-corrected chi connectivity index (χ4v) is 4.64. The Kier molecular flexibility index (Phi) is 10.9. The van der Waals surface area contributed by atoms with Gasteiger partial charge in [-0.1, -0.05) is 42.5 Å². The van der Waals surface area contributed by atoms with Crippen molar-refractivity contribution in [2.24, 2.45) is 0 Å². The molecule has 44 heavy (non-hydrogen) atoms. The van der Waals surface area contributed by atoms with E-state index >= 15 is 0 Å². The fourth-order valence-electron chi connectivity index (χ4n) is 4.64. The summed E-state index contributed by atoms with van der Waals surface area (Å²) in [4.78, 5) is 53.7. The van der Waals surface area contributed by atoms with E-state index in [1.165, 1.54) is 13.2 Å². The number of hydrogen-bond donors (Lipinski definition) is 1. The third kappa shape index (κ3) is 9.89. The summed E-state index contributed by atoms with van der Waals surface area (Å²) < 4.78 is 27.7. The molecular formula is C33H44N2O9. The lowest BCUT2D eigenvalue weighted by atomic mass is 9.88. The minimum absolute atomic E-state index is 0.0445. The summed E-state index contributed by atoms with van der Waals surface area (Å²) in [5.41, 5.74) is -2.28. The molecule has 0 spiro atoms. The summed E-state index contributed by atoms with van der Waals surface area (Å²) >= 11 is 0. The van der Waals surface area contributed by atoms with Crippen LogP contribution in [0, 0.1) is 0 Å². The smallest absolute Gasteiger partial charge is 0.410 e. The molecule has 1 aromatic heterocycles. The van der Waals surface area contributed by atoms with E-state index in [1.54, 1.807) is 46.4 Å². The number of methoxy groups -OCH3 is 1. The number of amides is 2. The van der Waals surface area contributed by atoms with Crippen molar-refractivity contribution in [3.8, 4) is 5.75 Å². The van der Waals surface area contributed by atoms with Crippen LogP contribution in [-0.2, 0) is 27.2 Å². The molecule has 11 heteroatoms. The zero-order valence-corrected chi connectivity index (χ0v) is 26.9. The Labute approximate surface area is 258 Å². The first-order valence-corrected chi connectivity index (χ1v) is 14.6. The van der Waals surface area contributed by atoms with Crippen molar-refractivity contribution in [1.82, 2.24) is 10.2 Å². The van der Waals surface area contributed by atoms with Gasteiger partial charge in [0.2, 0.25) is 11.2 Å². The SMILES string of the molecule is COC(=O)c1oc(CC[C@]2(NC(=O)OC(C)(C)C)CC=C[C@H](C)N(C(=O)OC(C)(C)C)C2)cc(=O)c1OCc1ccccc1. The van der Waals surface area contributed by atoms with E-state index in [1.807, 2.05) is 49.4 Å². The molecular weight excluding hydrogens is 568 g/mol. The van der Waals surface area contributed by atoms with Crippen molar-refractivity contribution in [2.75, 3.05) is 13.7 Å². The van der Waals surface area contributed by atoms with Gasteiger partial charge in [-0.2, -0.15) is 0 Å². The highest BCUT2D eigenvalue weighted by atomic mass is 16.6. The van der Waals surface area contributed by atoms with Gasteiger partial charge in [0.05, 0.1) is 18.7 Å². The number of rotatable bonds is 8. The second kappa shape index (κ2) is 14.0. The molecule has 0 fully saturated rings. The van der Waals surface area contributed by atoms with E-state index in [4.69, 9.17) is 23.4 Å². The molecule has 2 aromatic rings. The van der Waals surface area contributed by atoms with Gasteiger partial charge in [0, 0.05) is 19.0 Å². The molecule has 2 amide bonds. The lowest BCUT2D eigenvalue weighted by Crippen LogP contribution is -2.58. The van der Waals surface area contributed by atoms with Crippen LogP contribution < -0.4 is 15.5 Å². The highest BCUT2D eigenvalue weighted by Gasteiger charge is 2.40. The van der Waals surface area contributed by atoms with Gasteiger partial charge in [-0.05, 0) is 66.9 Å². The van der Waals surface area contributed by atoms with E-state index in [2.05, 4.69) is 5.32 Å². The second-order valence-electron chi connectivity index (χ2n) is 12.9. The Morgan fingerprint density at radius 3 is 2.32 bits per heavy atom. The standard InChI is InChI=1S/C33H44N2O9/c1-22-13-12-17-33(34-29(38)43-31(2,3)4,21-35(22)30(39)44-32(5,6)7)18-16-24-19-25(36)26(27(42-24)28(37)40-8)41-20-23-14-10-9-11-15-23/h9-15,19,22H,16-18,20-21H2,1-8H3,(H,34,38)/t22-,33+/m0/s1. The van der Waals surface area contributed by atoms with Crippen LogP contribution in [0.1, 0.15) is 83.2 Å². The molecule has 0 bridgehead atoms. The number of nitrogens with zero attached hydrogens (tertiary/aromatic N) is 1. The third-order valence-corrected chi connectivity index (χ3v) is 6.68. The quantitative estimate of drug-likeness (QED) is 0.223. The lowest BCUT2D eigenvalue weighted by Gasteiger charge is -2.39. The summed E-state index contributed by atoms with van der Waals surface area (Å²) in [6, 6.07) is 10.1. The first-order valence-electron chi connectivity index (χ1n) is 14.6. The van der Waals surface area contributed by atoms with Crippen molar-refractivity contribution in [2.45, 2.75) is 97.1 Å². The minimum atomic E-state index is -1.03. The Bertz CT molecular complexity index is 1400. The first-order chi connectivity index (χ1) is 20.5. The van der Waals surface area contributed by atoms with E-state index in [0.29, 0.717) is 6.42 Å². The normalized spacial score (nSPS) is 18.6. The molecule has 1 aliphatic heterocycles. The summed E-state index contributed by atoms with van der Waals surface area (Å²) in [5, 5.41) is 2.98. The number of carbonyl (C=O) groups excluding carboxylic acids is 3. The predicted octanol–water partition coefficient (Wildman–Crippen LogP) is 5.79. The minimum Gasteiger partial charge on any atom is -0.481 e. The Hall–Kier alpha value is -4.28. The summed E-state index contributed by atoms with van der Waals surface area (Å²) in [7, 11) is 1.18. The van der Waals surface area contributed by atoms with Gasteiger partial charge in [-0.25, -0.2) is 14.4 Å². The van der Waals surface area contributed by atoms with Gasteiger partial charge in [-0.3, -0.25) is 9.69 Å². The zero-order chi connectivity index (χ0) is 32.7. The molecule has 2 atom stereocenters. The van der Waals surface area contributed by atoms with Crippen LogP contribution in [0.5, 0.6) is 5.75 Å². The Morgan fingerprint density at radius 1 is 1.05 bits per heavy atom. The van der Waals surface area contributed by atoms with Crippen molar-refractivity contribution in [3.05, 3.63) is 75.9 Å². The number of hydrogen-bond acceptors (Lipinski definition) is 9. The van der Waals surface area contributed by atoms with E-state index < -0.39 is 40.3 Å². The number of alkyl carbamates (subject to hydrolysis) is 1. The van der Waals surface area contributed by atoms with Crippen LogP contribution in [0.2, 0.25) is 0 Å². The molecule has 1 aliphatic rings. The first kappa shape index (κ1) is 34.2. The number of ether oxygens (including phenoxy) is 4. The van der Waals surface area contributed by atoms with Gasteiger partial charge in [0.15, 0.2) is 0 Å². The van der Waals surface area contributed by atoms with Crippen LogP contribution in [-0.4, -0.2) is 59.5 Å². The number of aryl methyl sites for hydroxylation is 1. The van der Waals surface area contributed by atoms with Gasteiger partial charge in [-0.15, -0.1) is 0 Å². The number of nitrogens with one attached hydrogen (secondary N) is 1. The van der Waals surface area contributed by atoms with Crippen LogP contribution in [0.15, 0.2) is 57.8 Å². The maximum absolute atomic E-state index is 13.3. The van der Waals surface area contributed by atoms with Crippen LogP contribution in [0.3, 0.4) is 0 Å².